The molecule has 0 saturated carbocycles. The van der Waals surface area contributed by atoms with Crippen molar-refractivity contribution in [2.75, 3.05) is 0 Å². The van der Waals surface area contributed by atoms with Crippen LogP contribution in [0.5, 0.6) is 0 Å². The van der Waals surface area contributed by atoms with E-state index in [1.54, 1.807) is 6.07 Å². The van der Waals surface area contributed by atoms with Gasteiger partial charge in [-0.1, -0.05) is 30.3 Å². The van der Waals surface area contributed by atoms with E-state index in [1.165, 1.54) is 12.1 Å². The average Bonchev–Trinajstić information content (AvgIpc) is 1.88. The second-order valence-corrected chi connectivity index (χ2v) is 1.99. The molecule has 1 aromatic rings. The van der Waals surface area contributed by atoms with E-state index in [9.17, 15) is 12.9 Å². The van der Waals surface area contributed by atoms with Crippen molar-refractivity contribution in [1.82, 2.24) is 0 Å². The van der Waals surface area contributed by atoms with Gasteiger partial charge in [-0.2, -0.15) is 0 Å². The van der Waals surface area contributed by atoms with E-state index in [4.69, 9.17) is 0 Å². The third-order valence-corrected chi connectivity index (χ3v) is 1.18. The average molecular weight is 168 g/mol. The molecule has 0 aliphatic heterocycles. The molecule has 0 heterocycles. The van der Waals surface area contributed by atoms with Gasteiger partial charge >= 0.3 is 36.5 Å². The first kappa shape index (κ1) is 11.1. The van der Waals surface area contributed by atoms with Gasteiger partial charge in [-0.25, -0.2) is 0 Å². The van der Waals surface area contributed by atoms with Gasteiger partial charge in [-0.3, -0.25) is 0 Å². The van der Waals surface area contributed by atoms with E-state index < -0.39 is 12.4 Å². The molecule has 0 aromatic heterocycles. The molecule has 0 amide bonds. The topological polar surface area (TPSA) is 0 Å². The molecule has 1 aromatic carbocycles. The van der Waals surface area contributed by atoms with Gasteiger partial charge in [0.05, 0.1) is 0 Å². The Morgan fingerprint density at radius 2 is 1.36 bits per heavy atom. The van der Waals surface area contributed by atoms with Crippen LogP contribution in [0.4, 0.5) is 12.9 Å². The van der Waals surface area contributed by atoms with Gasteiger partial charge in [0.2, 0.25) is 0 Å². The molecular formula is C6H5BF3Na. The molecule has 0 unspecified atom stereocenters. The Bertz CT molecular complexity index is 209. The molecule has 11 heavy (non-hydrogen) atoms. The van der Waals surface area contributed by atoms with E-state index in [2.05, 4.69) is 0 Å². The number of rotatable bonds is 1. The monoisotopic (exact) mass is 168 g/mol. The Hall–Kier alpha value is 0.0749. The first-order valence-corrected chi connectivity index (χ1v) is 2.85. The fourth-order valence-electron chi connectivity index (χ4n) is 0.671. The van der Waals surface area contributed by atoms with Crippen LogP contribution in [0, 0.1) is 0 Å². The van der Waals surface area contributed by atoms with Gasteiger partial charge < -0.3 is 12.9 Å². The van der Waals surface area contributed by atoms with Crippen molar-refractivity contribution >= 4 is 12.4 Å². The third kappa shape index (κ3) is 3.32. The quantitative estimate of drug-likeness (QED) is 0.459. The van der Waals surface area contributed by atoms with Crippen LogP contribution in [0.3, 0.4) is 0 Å². The van der Waals surface area contributed by atoms with Crippen LogP contribution in [0.15, 0.2) is 30.3 Å². The first-order chi connectivity index (χ1) is 4.61. The predicted molar refractivity (Wildman–Crippen MR) is 35.2 cm³/mol. The van der Waals surface area contributed by atoms with Gasteiger partial charge in [0.25, 0.3) is 0 Å². The molecule has 0 radical (unpaired) electrons. The molecule has 0 saturated heterocycles. The molecule has 0 fully saturated rings. The van der Waals surface area contributed by atoms with Crippen molar-refractivity contribution in [3.63, 3.8) is 0 Å². The van der Waals surface area contributed by atoms with Crippen molar-refractivity contribution in [1.29, 1.82) is 0 Å². The zero-order valence-electron chi connectivity index (χ0n) is 6.10. The fraction of sp³-hybridized carbons (Fsp3) is 0. The van der Waals surface area contributed by atoms with E-state index in [1.807, 2.05) is 0 Å². The van der Waals surface area contributed by atoms with Crippen LogP contribution in [0.25, 0.3) is 0 Å². The Balaban J connectivity index is 0.000001000. The summed E-state index contributed by atoms with van der Waals surface area (Å²) in [4.78, 5) is 0. The van der Waals surface area contributed by atoms with E-state index in [-0.39, 0.29) is 29.6 Å². The predicted octanol–water partition coefficient (Wildman–Crippen LogP) is -1.25. The molecular weight excluding hydrogens is 163 g/mol. The van der Waals surface area contributed by atoms with Crippen LogP contribution < -0.4 is 35.0 Å². The van der Waals surface area contributed by atoms with Crippen molar-refractivity contribution in [3.8, 4) is 0 Å². The van der Waals surface area contributed by atoms with Gasteiger partial charge in [-0.15, -0.1) is 5.46 Å². The summed E-state index contributed by atoms with van der Waals surface area (Å²) in [5.74, 6) is 0. The van der Waals surface area contributed by atoms with E-state index in [0.717, 1.165) is 12.1 Å². The summed E-state index contributed by atoms with van der Waals surface area (Å²) in [7, 11) is 0. The largest absolute Gasteiger partial charge is 1.00 e. The van der Waals surface area contributed by atoms with Crippen LogP contribution >= 0.6 is 0 Å². The second-order valence-electron chi connectivity index (χ2n) is 1.99. The molecule has 0 atom stereocenters. The number of hydrogen-bond donors (Lipinski definition) is 0. The Kier molecular flexibility index (Phi) is 4.22. The minimum Gasteiger partial charge on any atom is -0.445 e. The normalized spacial score (nSPS) is 10.5. The van der Waals surface area contributed by atoms with Crippen molar-refractivity contribution in [3.05, 3.63) is 30.3 Å². The van der Waals surface area contributed by atoms with Gasteiger partial charge in [0.1, 0.15) is 0 Å². The maximum Gasteiger partial charge on any atom is 1.00 e. The first-order valence-electron chi connectivity index (χ1n) is 2.85. The maximum absolute atomic E-state index is 11.9. The third-order valence-electron chi connectivity index (χ3n) is 1.18. The van der Waals surface area contributed by atoms with Crippen molar-refractivity contribution in [2.24, 2.45) is 0 Å². The zero-order valence-corrected chi connectivity index (χ0v) is 8.10. The summed E-state index contributed by atoms with van der Waals surface area (Å²) in [6.07, 6.45) is 0. The molecule has 1 rings (SSSR count). The summed E-state index contributed by atoms with van der Waals surface area (Å²) in [6.45, 7) is -4.80. The van der Waals surface area contributed by atoms with Crippen LogP contribution in [0.1, 0.15) is 0 Å². The molecule has 0 aliphatic carbocycles. The molecule has 54 valence electrons. The van der Waals surface area contributed by atoms with E-state index in [0.29, 0.717) is 0 Å². The number of hydrogen-bond acceptors (Lipinski definition) is 0. The maximum atomic E-state index is 11.9. The Morgan fingerprint density at radius 3 is 1.64 bits per heavy atom. The zero-order chi connectivity index (χ0) is 7.61. The fourth-order valence-corrected chi connectivity index (χ4v) is 0.671. The Morgan fingerprint density at radius 1 is 0.909 bits per heavy atom. The summed E-state index contributed by atoms with van der Waals surface area (Å²) < 4.78 is 35.6. The minimum atomic E-state index is -4.80. The molecule has 5 heteroatoms. The molecule has 0 N–H and O–H groups in total. The number of halogens is 3. The van der Waals surface area contributed by atoms with Crippen molar-refractivity contribution < 1.29 is 42.5 Å². The molecule has 0 aliphatic rings. The molecule has 0 bridgehead atoms. The summed E-state index contributed by atoms with van der Waals surface area (Å²) in [6, 6.07) is 6.46. The van der Waals surface area contributed by atoms with Crippen LogP contribution in [0.2, 0.25) is 0 Å². The molecule has 0 spiro atoms. The van der Waals surface area contributed by atoms with Crippen LogP contribution in [-0.2, 0) is 0 Å². The molecule has 0 nitrogen and oxygen atoms in total. The summed E-state index contributed by atoms with van der Waals surface area (Å²) in [5.41, 5.74) is -0.539. The van der Waals surface area contributed by atoms with Gasteiger partial charge in [0.15, 0.2) is 0 Å². The smallest absolute Gasteiger partial charge is 0.445 e. The van der Waals surface area contributed by atoms with E-state index >= 15 is 0 Å². The number of benzene rings is 1. The summed E-state index contributed by atoms with van der Waals surface area (Å²) >= 11 is 0. The van der Waals surface area contributed by atoms with Gasteiger partial charge in [-0.05, 0) is 0 Å². The van der Waals surface area contributed by atoms with Crippen molar-refractivity contribution in [2.45, 2.75) is 0 Å². The Labute approximate surface area is 85.1 Å². The van der Waals surface area contributed by atoms with Gasteiger partial charge in [0, 0.05) is 0 Å². The minimum absolute atomic E-state index is 0. The standard InChI is InChI=1S/C6H5BF3.Na/c8-7(9,10)6-4-2-1-3-5-6;/h1-5H;/q-1;+1. The SMILES string of the molecule is F[B-](F)(F)c1ccccc1.[Na+]. The second kappa shape index (κ2) is 4.19. The van der Waals surface area contributed by atoms with Crippen LogP contribution in [-0.4, -0.2) is 6.98 Å². The summed E-state index contributed by atoms with van der Waals surface area (Å²) in [5, 5.41) is 0.